The second kappa shape index (κ2) is 5.01. The molecule has 0 atom stereocenters. The Morgan fingerprint density at radius 2 is 2.13 bits per heavy atom. The lowest BCUT2D eigenvalue weighted by molar-refractivity contribution is 0.122. The molecule has 0 unspecified atom stereocenters. The molecule has 0 radical (unpaired) electrons. The molecule has 2 heterocycles. The molecule has 0 amide bonds. The highest BCUT2D eigenvalue weighted by molar-refractivity contribution is 6.34. The van der Waals surface area contributed by atoms with Gasteiger partial charge in [0, 0.05) is 19.3 Å². The van der Waals surface area contributed by atoms with Gasteiger partial charge in [-0.3, -0.25) is 4.98 Å². The van der Waals surface area contributed by atoms with Crippen LogP contribution in [0.1, 0.15) is 5.69 Å². The summed E-state index contributed by atoms with van der Waals surface area (Å²) in [6, 6.07) is 1.92. The summed E-state index contributed by atoms with van der Waals surface area (Å²) in [5, 5.41) is 0.661. The van der Waals surface area contributed by atoms with E-state index < -0.39 is 0 Å². The third-order valence-corrected chi connectivity index (χ3v) is 3.08. The van der Waals surface area contributed by atoms with Gasteiger partial charge in [0.1, 0.15) is 0 Å². The average molecular weight is 247 g/mol. The summed E-state index contributed by atoms with van der Waals surface area (Å²) in [5.41, 5.74) is 1.74. The normalized spacial score (nSPS) is 16.8. The number of halogens is 2. The Hall–Kier alpha value is -0.510. The molecule has 1 saturated heterocycles. The van der Waals surface area contributed by atoms with Gasteiger partial charge in [-0.1, -0.05) is 11.6 Å². The van der Waals surface area contributed by atoms with Crippen LogP contribution in [0, 0.1) is 0 Å². The molecule has 2 rings (SSSR count). The summed E-state index contributed by atoms with van der Waals surface area (Å²) < 4.78 is 5.29. The predicted molar refractivity (Wildman–Crippen MR) is 61.8 cm³/mol. The van der Waals surface area contributed by atoms with Crippen LogP contribution < -0.4 is 4.90 Å². The van der Waals surface area contributed by atoms with Crippen molar-refractivity contribution < 1.29 is 4.74 Å². The van der Waals surface area contributed by atoms with Gasteiger partial charge < -0.3 is 9.64 Å². The molecule has 1 aromatic heterocycles. The highest BCUT2D eigenvalue weighted by Crippen LogP contribution is 2.29. The van der Waals surface area contributed by atoms with E-state index >= 15 is 0 Å². The Morgan fingerprint density at radius 3 is 2.80 bits per heavy atom. The number of nitrogens with zero attached hydrogens (tertiary/aromatic N) is 2. The van der Waals surface area contributed by atoms with Crippen molar-refractivity contribution in [3.63, 3.8) is 0 Å². The van der Waals surface area contributed by atoms with E-state index in [9.17, 15) is 0 Å². The lowest BCUT2D eigenvalue weighted by Gasteiger charge is -2.29. The summed E-state index contributed by atoms with van der Waals surface area (Å²) in [4.78, 5) is 6.33. The van der Waals surface area contributed by atoms with Gasteiger partial charge in [-0.25, -0.2) is 0 Å². The van der Waals surface area contributed by atoms with Crippen molar-refractivity contribution in [1.29, 1.82) is 0 Å². The fraction of sp³-hybridized carbons (Fsp3) is 0.500. The number of rotatable bonds is 2. The van der Waals surface area contributed by atoms with Crippen molar-refractivity contribution >= 4 is 28.9 Å². The summed E-state index contributed by atoms with van der Waals surface area (Å²) in [7, 11) is 0. The van der Waals surface area contributed by atoms with Crippen LogP contribution >= 0.6 is 23.2 Å². The largest absolute Gasteiger partial charge is 0.378 e. The van der Waals surface area contributed by atoms with Crippen molar-refractivity contribution in [2.75, 3.05) is 31.2 Å². The minimum Gasteiger partial charge on any atom is -0.378 e. The summed E-state index contributed by atoms with van der Waals surface area (Å²) >= 11 is 12.0. The van der Waals surface area contributed by atoms with Crippen molar-refractivity contribution in [3.05, 3.63) is 23.0 Å². The molecule has 15 heavy (non-hydrogen) atoms. The highest BCUT2D eigenvalue weighted by atomic mass is 35.5. The zero-order valence-corrected chi connectivity index (χ0v) is 9.76. The minimum absolute atomic E-state index is 0.344. The summed E-state index contributed by atoms with van der Waals surface area (Å²) in [6.45, 7) is 3.22. The van der Waals surface area contributed by atoms with Crippen LogP contribution in [0.5, 0.6) is 0 Å². The van der Waals surface area contributed by atoms with Gasteiger partial charge >= 0.3 is 0 Å². The standard InChI is InChI=1S/C10H12Cl2N2O/c11-7-8-10(12)9(1-2-13-8)14-3-5-15-6-4-14/h1-2H,3-7H2. The zero-order valence-electron chi connectivity index (χ0n) is 8.25. The predicted octanol–water partition coefficient (Wildman–Crippen LogP) is 2.31. The monoisotopic (exact) mass is 246 g/mol. The van der Waals surface area contributed by atoms with Crippen LogP contribution in [0.2, 0.25) is 5.02 Å². The number of hydrogen-bond acceptors (Lipinski definition) is 3. The summed E-state index contributed by atoms with van der Waals surface area (Å²) in [5.74, 6) is 0.344. The maximum atomic E-state index is 6.21. The molecule has 1 fully saturated rings. The van der Waals surface area contributed by atoms with Gasteiger partial charge in [0.25, 0.3) is 0 Å². The van der Waals surface area contributed by atoms with Crippen molar-refractivity contribution in [2.45, 2.75) is 5.88 Å². The second-order valence-corrected chi connectivity index (χ2v) is 3.97. The first-order valence-corrected chi connectivity index (χ1v) is 5.76. The third kappa shape index (κ3) is 2.36. The fourth-order valence-corrected chi connectivity index (χ4v) is 2.19. The Kier molecular flexibility index (Phi) is 3.67. The van der Waals surface area contributed by atoms with Crippen molar-refractivity contribution in [3.8, 4) is 0 Å². The van der Waals surface area contributed by atoms with E-state index in [-0.39, 0.29) is 0 Å². The first-order valence-electron chi connectivity index (χ1n) is 4.85. The molecule has 0 spiro atoms. The number of aromatic nitrogens is 1. The van der Waals surface area contributed by atoms with E-state index in [2.05, 4.69) is 9.88 Å². The Balaban J connectivity index is 2.26. The van der Waals surface area contributed by atoms with E-state index in [0.29, 0.717) is 10.9 Å². The van der Waals surface area contributed by atoms with Crippen LogP contribution in [-0.2, 0) is 10.6 Å². The molecular weight excluding hydrogens is 235 g/mol. The maximum Gasteiger partial charge on any atom is 0.0867 e. The van der Waals surface area contributed by atoms with Gasteiger partial charge in [-0.05, 0) is 6.07 Å². The minimum atomic E-state index is 0.344. The Bertz CT molecular complexity index is 340. The fourth-order valence-electron chi connectivity index (χ4n) is 1.62. The molecular formula is C10H12Cl2N2O. The molecule has 0 aromatic carbocycles. The van der Waals surface area contributed by atoms with Crippen LogP contribution in [0.4, 0.5) is 5.69 Å². The smallest absolute Gasteiger partial charge is 0.0867 e. The number of ether oxygens (including phenoxy) is 1. The number of morpholine rings is 1. The second-order valence-electron chi connectivity index (χ2n) is 3.32. The van der Waals surface area contributed by atoms with E-state index in [1.54, 1.807) is 6.20 Å². The molecule has 0 bridgehead atoms. The Morgan fingerprint density at radius 1 is 1.40 bits per heavy atom. The molecule has 0 N–H and O–H groups in total. The van der Waals surface area contributed by atoms with Crippen molar-refractivity contribution in [1.82, 2.24) is 4.98 Å². The van der Waals surface area contributed by atoms with E-state index in [1.807, 2.05) is 6.07 Å². The average Bonchev–Trinajstić information content (AvgIpc) is 2.30. The molecule has 0 saturated carbocycles. The molecule has 1 aliphatic heterocycles. The summed E-state index contributed by atoms with van der Waals surface area (Å²) in [6.07, 6.45) is 1.74. The zero-order chi connectivity index (χ0) is 10.7. The first kappa shape index (κ1) is 11.0. The van der Waals surface area contributed by atoms with E-state index in [1.165, 1.54) is 0 Å². The third-order valence-electron chi connectivity index (χ3n) is 2.42. The number of anilines is 1. The van der Waals surface area contributed by atoms with Gasteiger partial charge in [0.15, 0.2) is 0 Å². The molecule has 1 aliphatic rings. The lowest BCUT2D eigenvalue weighted by Crippen LogP contribution is -2.36. The molecule has 3 nitrogen and oxygen atoms in total. The topological polar surface area (TPSA) is 25.4 Å². The van der Waals surface area contributed by atoms with Gasteiger partial charge in [-0.2, -0.15) is 0 Å². The first-order chi connectivity index (χ1) is 7.33. The maximum absolute atomic E-state index is 6.21. The number of alkyl halides is 1. The number of hydrogen-bond donors (Lipinski definition) is 0. The highest BCUT2D eigenvalue weighted by Gasteiger charge is 2.16. The number of pyridine rings is 1. The lowest BCUT2D eigenvalue weighted by atomic mass is 10.3. The molecule has 0 aliphatic carbocycles. The Labute approximate surface area is 98.9 Å². The van der Waals surface area contributed by atoms with Gasteiger partial charge in [-0.15, -0.1) is 11.6 Å². The van der Waals surface area contributed by atoms with Crippen LogP contribution in [0.3, 0.4) is 0 Å². The van der Waals surface area contributed by atoms with E-state index in [4.69, 9.17) is 27.9 Å². The van der Waals surface area contributed by atoms with E-state index in [0.717, 1.165) is 37.7 Å². The van der Waals surface area contributed by atoms with Crippen molar-refractivity contribution in [2.24, 2.45) is 0 Å². The molecule has 1 aromatic rings. The van der Waals surface area contributed by atoms with Crippen LogP contribution in [0.15, 0.2) is 12.3 Å². The SMILES string of the molecule is ClCc1nccc(N2CCOCC2)c1Cl. The molecule has 5 heteroatoms. The molecule has 82 valence electrons. The quantitative estimate of drug-likeness (QED) is 0.750. The van der Waals surface area contributed by atoms with Crippen LogP contribution in [-0.4, -0.2) is 31.3 Å². The van der Waals surface area contributed by atoms with Gasteiger partial charge in [0.05, 0.1) is 35.5 Å². The van der Waals surface area contributed by atoms with Gasteiger partial charge in [0.2, 0.25) is 0 Å². The van der Waals surface area contributed by atoms with Crippen LogP contribution in [0.25, 0.3) is 0 Å².